The summed E-state index contributed by atoms with van der Waals surface area (Å²) in [6, 6.07) is 0. The molecule has 0 bridgehead atoms. The number of ether oxygens (including phenoxy) is 1. The fraction of sp³-hybridized carbons (Fsp3) is 0.500. The third-order valence-electron chi connectivity index (χ3n) is 2.36. The average Bonchev–Trinajstić information content (AvgIpc) is 2.58. The third kappa shape index (κ3) is 1.74. The molecule has 1 aromatic rings. The molecule has 15 heavy (non-hydrogen) atoms. The number of nitrogens with one attached hydrogen (secondary N) is 1. The molecular weight excluding hydrogens is 220 g/mol. The summed E-state index contributed by atoms with van der Waals surface area (Å²) in [5.41, 5.74) is 1.24. The van der Waals surface area contributed by atoms with Gasteiger partial charge in [0, 0.05) is 17.7 Å². The van der Waals surface area contributed by atoms with Gasteiger partial charge in [-0.3, -0.25) is 5.10 Å². The quantitative estimate of drug-likeness (QED) is 0.667. The molecule has 0 spiro atoms. The van der Waals surface area contributed by atoms with Crippen LogP contribution in [0.3, 0.4) is 0 Å². The summed E-state index contributed by atoms with van der Waals surface area (Å²) in [4.78, 5) is 11.3. The Morgan fingerprint density at radius 2 is 2.27 bits per heavy atom. The minimum Gasteiger partial charge on any atom is -0.464 e. The Morgan fingerprint density at radius 1 is 1.53 bits per heavy atom. The summed E-state index contributed by atoms with van der Waals surface area (Å²) in [6.07, 6.45) is 0.377. The van der Waals surface area contributed by atoms with Crippen molar-refractivity contribution >= 4 is 15.8 Å². The number of aryl methyl sites for hydroxylation is 1. The number of carbonyl (C=O) groups excluding carboxylic acids is 1. The lowest BCUT2D eigenvalue weighted by Crippen LogP contribution is -2.20. The average molecular weight is 230 g/mol. The van der Waals surface area contributed by atoms with Crippen LogP contribution in [0, 0.1) is 0 Å². The second kappa shape index (κ2) is 3.34. The molecule has 0 atom stereocenters. The molecule has 0 saturated heterocycles. The van der Waals surface area contributed by atoms with Gasteiger partial charge in [-0.25, -0.2) is 13.2 Å². The molecule has 2 rings (SSSR count). The normalized spacial score (nSPS) is 18.2. The van der Waals surface area contributed by atoms with Crippen LogP contribution in [0.1, 0.15) is 21.7 Å². The van der Waals surface area contributed by atoms with Gasteiger partial charge in [0.1, 0.15) is 0 Å². The van der Waals surface area contributed by atoms with Crippen molar-refractivity contribution < 1.29 is 17.9 Å². The predicted molar refractivity (Wildman–Crippen MR) is 51.1 cm³/mol. The number of nitrogens with zero attached hydrogens (tertiary/aromatic N) is 1. The van der Waals surface area contributed by atoms with Crippen LogP contribution in [-0.2, 0) is 26.7 Å². The van der Waals surface area contributed by atoms with E-state index in [0.717, 1.165) is 0 Å². The third-order valence-corrected chi connectivity index (χ3v) is 3.91. The summed E-state index contributed by atoms with van der Waals surface area (Å²) in [5, 5.41) is 6.43. The number of H-pyrrole nitrogens is 1. The van der Waals surface area contributed by atoms with Gasteiger partial charge in [-0.1, -0.05) is 0 Å². The van der Waals surface area contributed by atoms with Gasteiger partial charge in [0.2, 0.25) is 0 Å². The Kier molecular flexibility index (Phi) is 2.26. The molecule has 82 valence electrons. The minimum atomic E-state index is -3.10. The van der Waals surface area contributed by atoms with Gasteiger partial charge in [0.25, 0.3) is 0 Å². The Bertz CT molecular complexity index is 503. The highest BCUT2D eigenvalue weighted by molar-refractivity contribution is 7.90. The monoisotopic (exact) mass is 230 g/mol. The maximum atomic E-state index is 11.4. The molecule has 0 aliphatic carbocycles. The SMILES string of the molecule is COC(=O)c1n[nH]c2c1CS(=O)(=O)CC2. The summed E-state index contributed by atoms with van der Waals surface area (Å²) in [7, 11) is -1.86. The fourth-order valence-corrected chi connectivity index (χ4v) is 2.99. The van der Waals surface area contributed by atoms with Gasteiger partial charge in [-0.15, -0.1) is 0 Å². The van der Waals surface area contributed by atoms with Crippen LogP contribution in [0.2, 0.25) is 0 Å². The molecule has 0 radical (unpaired) electrons. The first-order chi connectivity index (χ1) is 7.03. The van der Waals surface area contributed by atoms with Crippen LogP contribution >= 0.6 is 0 Å². The molecule has 0 saturated carbocycles. The second-order valence-corrected chi connectivity index (χ2v) is 5.55. The molecule has 0 aromatic carbocycles. The number of hydrogen-bond acceptors (Lipinski definition) is 5. The van der Waals surface area contributed by atoms with Crippen molar-refractivity contribution in [2.24, 2.45) is 0 Å². The molecule has 0 amide bonds. The van der Waals surface area contributed by atoms with Gasteiger partial charge >= 0.3 is 5.97 Å². The van der Waals surface area contributed by atoms with E-state index >= 15 is 0 Å². The predicted octanol–water partition coefficient (Wildman–Crippen LogP) is -0.333. The molecular formula is C8H10N2O4S. The van der Waals surface area contributed by atoms with Crippen molar-refractivity contribution in [3.05, 3.63) is 17.0 Å². The van der Waals surface area contributed by atoms with Crippen molar-refractivity contribution in [2.45, 2.75) is 12.2 Å². The largest absolute Gasteiger partial charge is 0.464 e. The van der Waals surface area contributed by atoms with Gasteiger partial charge in [-0.2, -0.15) is 5.10 Å². The lowest BCUT2D eigenvalue weighted by atomic mass is 10.1. The Morgan fingerprint density at radius 3 is 2.93 bits per heavy atom. The lowest BCUT2D eigenvalue weighted by Gasteiger charge is -2.11. The molecule has 1 aromatic heterocycles. The Labute approximate surface area is 86.5 Å². The summed E-state index contributed by atoms with van der Waals surface area (Å²) >= 11 is 0. The smallest absolute Gasteiger partial charge is 0.358 e. The van der Waals surface area contributed by atoms with Gasteiger partial charge in [0.05, 0.1) is 18.6 Å². The van der Waals surface area contributed by atoms with Crippen LogP contribution in [-0.4, -0.2) is 37.4 Å². The first-order valence-corrected chi connectivity index (χ1v) is 6.20. The maximum absolute atomic E-state index is 11.4. The zero-order valence-electron chi connectivity index (χ0n) is 8.11. The van der Waals surface area contributed by atoms with E-state index in [1.807, 2.05) is 0 Å². The topological polar surface area (TPSA) is 89.1 Å². The standard InChI is InChI=1S/C8H10N2O4S/c1-14-8(11)7-5-4-15(12,13)3-2-6(5)9-10-7/h2-4H2,1H3,(H,9,10). The second-order valence-electron chi connectivity index (χ2n) is 3.36. The molecule has 1 N–H and O–H groups in total. The molecule has 0 fully saturated rings. The highest BCUT2D eigenvalue weighted by atomic mass is 32.2. The van der Waals surface area contributed by atoms with E-state index in [2.05, 4.69) is 14.9 Å². The van der Waals surface area contributed by atoms with Gasteiger partial charge in [-0.05, 0) is 0 Å². The van der Waals surface area contributed by atoms with Gasteiger partial charge < -0.3 is 4.74 Å². The number of methoxy groups -OCH3 is 1. The van der Waals surface area contributed by atoms with Gasteiger partial charge in [0.15, 0.2) is 15.5 Å². The molecule has 2 heterocycles. The highest BCUT2D eigenvalue weighted by Crippen LogP contribution is 2.22. The number of aromatic amines is 1. The van der Waals surface area contributed by atoms with Crippen LogP contribution in [0.5, 0.6) is 0 Å². The van der Waals surface area contributed by atoms with Crippen molar-refractivity contribution in [1.29, 1.82) is 0 Å². The van der Waals surface area contributed by atoms with E-state index in [0.29, 0.717) is 17.7 Å². The van der Waals surface area contributed by atoms with E-state index in [1.165, 1.54) is 7.11 Å². The van der Waals surface area contributed by atoms with E-state index in [1.54, 1.807) is 0 Å². The summed E-state index contributed by atoms with van der Waals surface area (Å²) in [6.45, 7) is 0. The van der Waals surface area contributed by atoms with E-state index in [-0.39, 0.29) is 17.2 Å². The maximum Gasteiger partial charge on any atom is 0.358 e. The van der Waals surface area contributed by atoms with Crippen LogP contribution in [0.15, 0.2) is 0 Å². The zero-order valence-corrected chi connectivity index (χ0v) is 8.93. The van der Waals surface area contributed by atoms with Crippen molar-refractivity contribution in [3.63, 3.8) is 0 Å². The molecule has 6 nitrogen and oxygen atoms in total. The minimum absolute atomic E-state index is 0.0794. The van der Waals surface area contributed by atoms with Crippen molar-refractivity contribution in [1.82, 2.24) is 10.2 Å². The van der Waals surface area contributed by atoms with E-state index in [4.69, 9.17) is 0 Å². The fourth-order valence-electron chi connectivity index (χ4n) is 1.58. The number of sulfone groups is 1. The van der Waals surface area contributed by atoms with Crippen LogP contribution in [0.4, 0.5) is 0 Å². The first kappa shape index (κ1) is 10.2. The Balaban J connectivity index is 2.46. The highest BCUT2D eigenvalue weighted by Gasteiger charge is 2.29. The molecule has 7 heteroatoms. The van der Waals surface area contributed by atoms with Crippen molar-refractivity contribution in [3.8, 4) is 0 Å². The first-order valence-electron chi connectivity index (χ1n) is 4.38. The van der Waals surface area contributed by atoms with E-state index < -0.39 is 15.8 Å². The number of carbonyl (C=O) groups is 1. The number of fused-ring (bicyclic) bond motifs is 1. The number of hydrogen-bond donors (Lipinski definition) is 1. The van der Waals surface area contributed by atoms with Crippen molar-refractivity contribution in [2.75, 3.05) is 12.9 Å². The molecule has 1 aliphatic heterocycles. The number of aromatic nitrogens is 2. The summed E-state index contributed by atoms with van der Waals surface area (Å²) < 4.78 is 27.3. The number of rotatable bonds is 1. The summed E-state index contributed by atoms with van der Waals surface area (Å²) in [5.74, 6) is -0.642. The van der Waals surface area contributed by atoms with Crippen LogP contribution in [0.25, 0.3) is 0 Å². The lowest BCUT2D eigenvalue weighted by molar-refractivity contribution is 0.0593. The molecule has 0 unspecified atom stereocenters. The number of esters is 1. The van der Waals surface area contributed by atoms with E-state index in [9.17, 15) is 13.2 Å². The Hall–Kier alpha value is -1.37. The van der Waals surface area contributed by atoms with Crippen LogP contribution < -0.4 is 0 Å². The zero-order chi connectivity index (χ0) is 11.1. The molecule has 1 aliphatic rings.